The summed E-state index contributed by atoms with van der Waals surface area (Å²) in [5.41, 5.74) is -0.0723. The molecule has 0 saturated carbocycles. The van der Waals surface area contributed by atoms with Crippen molar-refractivity contribution in [3.05, 3.63) is 23.9 Å². The van der Waals surface area contributed by atoms with E-state index in [9.17, 15) is 9.59 Å². The number of Topliss-reactive ketones (excluding diaryl/α,β-unsaturated/α-hetero) is 2. The van der Waals surface area contributed by atoms with E-state index in [4.69, 9.17) is 4.74 Å². The molecule has 28 heavy (non-hydrogen) atoms. The van der Waals surface area contributed by atoms with E-state index < -0.39 is 5.41 Å². The lowest BCUT2D eigenvalue weighted by atomic mass is 9.87. The number of hydrogen-bond donors (Lipinski definition) is 0. The maximum Gasteiger partial charge on any atom is 0.169 e. The Labute approximate surface area is 169 Å². The van der Waals surface area contributed by atoms with Crippen LogP contribution in [0.4, 0.5) is 5.82 Å². The topological polar surface area (TPSA) is 62.7 Å². The fourth-order valence-electron chi connectivity index (χ4n) is 2.92. The number of ether oxygens (including phenoxy) is 1. The zero-order valence-electron chi connectivity index (χ0n) is 18.2. The smallest absolute Gasteiger partial charge is 0.169 e. The number of carbonyl (C=O) groups excluding carboxylic acids is 2. The molecule has 6 heteroatoms. The van der Waals surface area contributed by atoms with E-state index in [2.05, 4.69) is 14.8 Å². The Morgan fingerprint density at radius 1 is 1.00 bits per heavy atom. The third kappa shape index (κ3) is 6.38. The normalized spacial score (nSPS) is 16.3. The van der Waals surface area contributed by atoms with E-state index in [1.165, 1.54) is 0 Å². The molecular weight excluding hydrogens is 354 g/mol. The molecule has 1 saturated heterocycles. The van der Waals surface area contributed by atoms with Crippen molar-refractivity contribution in [3.63, 3.8) is 0 Å². The van der Waals surface area contributed by atoms with Gasteiger partial charge >= 0.3 is 0 Å². The van der Waals surface area contributed by atoms with E-state index in [0.717, 1.165) is 38.5 Å². The number of aromatic nitrogens is 1. The van der Waals surface area contributed by atoms with Crippen molar-refractivity contribution in [2.24, 2.45) is 10.8 Å². The lowest BCUT2D eigenvalue weighted by Gasteiger charge is -2.35. The molecule has 0 amide bonds. The molecule has 0 aliphatic carbocycles. The van der Waals surface area contributed by atoms with Gasteiger partial charge in [-0.1, -0.05) is 41.5 Å². The van der Waals surface area contributed by atoms with Gasteiger partial charge in [0.2, 0.25) is 0 Å². The molecule has 1 aromatic heterocycles. The van der Waals surface area contributed by atoms with Gasteiger partial charge in [-0.25, -0.2) is 4.98 Å². The first-order valence-corrected chi connectivity index (χ1v) is 10.1. The van der Waals surface area contributed by atoms with Gasteiger partial charge in [0.25, 0.3) is 0 Å². The van der Waals surface area contributed by atoms with Crippen molar-refractivity contribution >= 4 is 17.4 Å². The highest BCUT2D eigenvalue weighted by atomic mass is 16.5. The monoisotopic (exact) mass is 389 g/mol. The van der Waals surface area contributed by atoms with Crippen LogP contribution in [-0.4, -0.2) is 67.4 Å². The number of pyridine rings is 1. The van der Waals surface area contributed by atoms with Crippen LogP contribution in [0.5, 0.6) is 0 Å². The molecule has 0 N–H and O–H groups in total. The number of ketones is 2. The SMILES string of the molecule is CC(C)(C)C(=O)COCCN1CCN(c2ccc(C(=O)C(C)(C)C)cn2)CC1. The maximum atomic E-state index is 12.3. The van der Waals surface area contributed by atoms with Crippen LogP contribution < -0.4 is 4.90 Å². The van der Waals surface area contributed by atoms with Gasteiger partial charge in [0.1, 0.15) is 12.4 Å². The summed E-state index contributed by atoms with van der Waals surface area (Å²) >= 11 is 0. The number of rotatable bonds is 7. The van der Waals surface area contributed by atoms with Crippen molar-refractivity contribution in [2.75, 3.05) is 50.8 Å². The number of carbonyl (C=O) groups is 2. The van der Waals surface area contributed by atoms with Crippen molar-refractivity contribution in [3.8, 4) is 0 Å². The van der Waals surface area contributed by atoms with Gasteiger partial charge < -0.3 is 9.64 Å². The molecule has 2 rings (SSSR count). The number of nitrogens with zero attached hydrogens (tertiary/aromatic N) is 3. The molecular formula is C22H35N3O3. The molecule has 1 fully saturated rings. The highest BCUT2D eigenvalue weighted by Crippen LogP contribution is 2.22. The van der Waals surface area contributed by atoms with Crippen molar-refractivity contribution < 1.29 is 14.3 Å². The summed E-state index contributed by atoms with van der Waals surface area (Å²) in [6, 6.07) is 3.82. The Morgan fingerprint density at radius 2 is 1.64 bits per heavy atom. The van der Waals surface area contributed by atoms with Gasteiger partial charge in [-0.15, -0.1) is 0 Å². The molecule has 0 bridgehead atoms. The predicted molar refractivity (Wildman–Crippen MR) is 112 cm³/mol. The van der Waals surface area contributed by atoms with Gasteiger partial charge in [-0.05, 0) is 12.1 Å². The minimum atomic E-state index is -0.394. The fourth-order valence-corrected chi connectivity index (χ4v) is 2.92. The molecule has 0 spiro atoms. The van der Waals surface area contributed by atoms with Gasteiger partial charge in [0.05, 0.1) is 6.61 Å². The molecule has 0 aromatic carbocycles. The summed E-state index contributed by atoms with van der Waals surface area (Å²) in [7, 11) is 0. The largest absolute Gasteiger partial charge is 0.372 e. The van der Waals surface area contributed by atoms with Gasteiger partial charge in [0.15, 0.2) is 11.6 Å². The minimum absolute atomic E-state index is 0.112. The summed E-state index contributed by atoms with van der Waals surface area (Å²) in [6.45, 7) is 16.7. The molecule has 0 radical (unpaired) electrons. The van der Waals surface area contributed by atoms with Crippen LogP contribution in [0.1, 0.15) is 51.9 Å². The number of piperazine rings is 1. The lowest BCUT2D eigenvalue weighted by Crippen LogP contribution is -2.47. The van der Waals surface area contributed by atoms with Crippen LogP contribution >= 0.6 is 0 Å². The van der Waals surface area contributed by atoms with E-state index in [-0.39, 0.29) is 23.6 Å². The second-order valence-electron chi connectivity index (χ2n) is 9.54. The zero-order chi connectivity index (χ0) is 20.9. The van der Waals surface area contributed by atoms with E-state index in [1.54, 1.807) is 6.20 Å². The summed E-state index contributed by atoms with van der Waals surface area (Å²) in [6.07, 6.45) is 1.69. The van der Waals surface area contributed by atoms with Gasteiger partial charge in [0, 0.05) is 55.3 Å². The molecule has 1 aliphatic heterocycles. The van der Waals surface area contributed by atoms with Crippen LogP contribution in [0.2, 0.25) is 0 Å². The quantitative estimate of drug-likeness (QED) is 0.528. The molecule has 1 aromatic rings. The van der Waals surface area contributed by atoms with Crippen LogP contribution in [0, 0.1) is 10.8 Å². The third-order valence-corrected chi connectivity index (χ3v) is 5.01. The minimum Gasteiger partial charge on any atom is -0.372 e. The summed E-state index contributed by atoms with van der Waals surface area (Å²) in [5.74, 6) is 1.16. The predicted octanol–water partition coefficient (Wildman–Crippen LogP) is 3.06. The average Bonchev–Trinajstić information content (AvgIpc) is 2.63. The zero-order valence-corrected chi connectivity index (χ0v) is 18.2. The van der Waals surface area contributed by atoms with Crippen molar-refractivity contribution in [2.45, 2.75) is 41.5 Å². The first-order chi connectivity index (χ1) is 13.0. The number of anilines is 1. The molecule has 6 nitrogen and oxygen atoms in total. The summed E-state index contributed by atoms with van der Waals surface area (Å²) in [4.78, 5) is 33.3. The average molecular weight is 390 g/mol. The second-order valence-corrected chi connectivity index (χ2v) is 9.54. The highest BCUT2D eigenvalue weighted by molar-refractivity contribution is 5.99. The Bertz CT molecular complexity index is 664. The van der Waals surface area contributed by atoms with Gasteiger partial charge in [-0.3, -0.25) is 14.5 Å². The maximum absolute atomic E-state index is 12.3. The second kappa shape index (κ2) is 9.14. The van der Waals surface area contributed by atoms with Crippen LogP contribution in [0.15, 0.2) is 18.3 Å². The first kappa shape index (κ1) is 22.5. The van der Waals surface area contributed by atoms with E-state index in [0.29, 0.717) is 12.2 Å². The summed E-state index contributed by atoms with van der Waals surface area (Å²) < 4.78 is 5.55. The Balaban J connectivity index is 1.75. The fraction of sp³-hybridized carbons (Fsp3) is 0.682. The molecule has 156 valence electrons. The molecule has 1 aliphatic rings. The first-order valence-electron chi connectivity index (χ1n) is 10.1. The van der Waals surface area contributed by atoms with Crippen LogP contribution in [-0.2, 0) is 9.53 Å². The molecule has 0 atom stereocenters. The van der Waals surface area contributed by atoms with Crippen molar-refractivity contribution in [1.82, 2.24) is 9.88 Å². The van der Waals surface area contributed by atoms with Crippen LogP contribution in [0.25, 0.3) is 0 Å². The lowest BCUT2D eigenvalue weighted by molar-refractivity contribution is -0.131. The highest BCUT2D eigenvalue weighted by Gasteiger charge is 2.24. The number of hydrogen-bond acceptors (Lipinski definition) is 6. The molecule has 0 unspecified atom stereocenters. The van der Waals surface area contributed by atoms with E-state index in [1.807, 2.05) is 53.7 Å². The third-order valence-electron chi connectivity index (χ3n) is 5.01. The standard InChI is InChI=1S/C22H35N3O3/c1-21(2,3)18(26)16-28-14-13-24-9-11-25(12-10-24)19-8-7-17(15-23-19)20(27)22(4,5)6/h7-8,15H,9-14,16H2,1-6H3. The van der Waals surface area contributed by atoms with Crippen LogP contribution in [0.3, 0.4) is 0 Å². The Hall–Kier alpha value is -1.79. The molecule has 2 heterocycles. The van der Waals surface area contributed by atoms with Crippen molar-refractivity contribution in [1.29, 1.82) is 0 Å². The van der Waals surface area contributed by atoms with E-state index >= 15 is 0 Å². The Kier molecular flexibility index (Phi) is 7.34. The van der Waals surface area contributed by atoms with Gasteiger partial charge in [-0.2, -0.15) is 0 Å². The summed E-state index contributed by atoms with van der Waals surface area (Å²) in [5, 5.41) is 0. The Morgan fingerprint density at radius 3 is 2.14 bits per heavy atom.